The van der Waals surface area contributed by atoms with Crippen molar-refractivity contribution in [1.82, 2.24) is 0 Å². The normalized spacial score (nSPS) is 18.8. The molecule has 1 heterocycles. The van der Waals surface area contributed by atoms with E-state index in [0.29, 0.717) is 5.25 Å². The predicted molar refractivity (Wildman–Crippen MR) is 74.8 cm³/mol. The highest BCUT2D eigenvalue weighted by atomic mass is 35.5. The van der Waals surface area contributed by atoms with Crippen molar-refractivity contribution in [3.8, 4) is 0 Å². The first kappa shape index (κ1) is 11.2. The average Bonchev–Trinajstić information content (AvgIpc) is 2.39. The maximum atomic E-state index is 5.92. The van der Waals surface area contributed by atoms with E-state index in [9.17, 15) is 0 Å². The van der Waals surface area contributed by atoms with Crippen LogP contribution in [0.3, 0.4) is 0 Å². The molecule has 2 heteroatoms. The van der Waals surface area contributed by atoms with Gasteiger partial charge in [0.25, 0.3) is 0 Å². The third-order valence-electron chi connectivity index (χ3n) is 3.16. The fourth-order valence-electron chi connectivity index (χ4n) is 2.24. The number of hydrogen-bond donors (Lipinski definition) is 0. The molecule has 1 unspecified atom stereocenters. The van der Waals surface area contributed by atoms with Crippen LogP contribution in [0, 0.1) is 0 Å². The highest BCUT2D eigenvalue weighted by Gasteiger charge is 2.20. The van der Waals surface area contributed by atoms with E-state index < -0.39 is 0 Å². The Kier molecular flexibility index (Phi) is 3.13. The van der Waals surface area contributed by atoms with Crippen LogP contribution in [0.2, 0.25) is 5.02 Å². The Labute approximate surface area is 111 Å². The molecule has 0 aliphatic carbocycles. The monoisotopic (exact) mass is 260 g/mol. The van der Waals surface area contributed by atoms with Gasteiger partial charge in [-0.3, -0.25) is 0 Å². The molecule has 0 radical (unpaired) electrons. The quantitative estimate of drug-likeness (QED) is 0.686. The summed E-state index contributed by atoms with van der Waals surface area (Å²) >= 11 is 7.90. The van der Waals surface area contributed by atoms with Gasteiger partial charge in [0, 0.05) is 15.2 Å². The predicted octanol–water partition coefficient (Wildman–Crippen LogP) is 5.12. The van der Waals surface area contributed by atoms with Crippen molar-refractivity contribution in [2.45, 2.75) is 23.0 Å². The van der Waals surface area contributed by atoms with E-state index in [1.807, 2.05) is 23.9 Å². The second kappa shape index (κ2) is 4.75. The zero-order valence-electron chi connectivity index (χ0n) is 9.40. The van der Waals surface area contributed by atoms with Crippen molar-refractivity contribution < 1.29 is 0 Å². The van der Waals surface area contributed by atoms with Crippen LogP contribution in [0.5, 0.6) is 0 Å². The van der Waals surface area contributed by atoms with Gasteiger partial charge in [0.15, 0.2) is 0 Å². The van der Waals surface area contributed by atoms with E-state index in [-0.39, 0.29) is 0 Å². The second-order valence-electron chi connectivity index (χ2n) is 4.30. The van der Waals surface area contributed by atoms with Gasteiger partial charge in [-0.1, -0.05) is 41.9 Å². The maximum absolute atomic E-state index is 5.92. The number of benzene rings is 2. The topological polar surface area (TPSA) is 0 Å². The van der Waals surface area contributed by atoms with Crippen molar-refractivity contribution in [2.24, 2.45) is 0 Å². The van der Waals surface area contributed by atoms with Gasteiger partial charge >= 0.3 is 0 Å². The second-order valence-corrected chi connectivity index (χ2v) is 5.99. The van der Waals surface area contributed by atoms with Crippen LogP contribution in [0.25, 0.3) is 0 Å². The molecule has 0 spiro atoms. The molecule has 0 aromatic heterocycles. The molecule has 3 rings (SSSR count). The lowest BCUT2D eigenvalue weighted by molar-refractivity contribution is 0.772. The fourth-order valence-corrected chi connectivity index (χ4v) is 3.68. The minimum Gasteiger partial charge on any atom is -0.118 e. The van der Waals surface area contributed by atoms with Crippen molar-refractivity contribution >= 4 is 23.4 Å². The van der Waals surface area contributed by atoms with Crippen LogP contribution in [0.15, 0.2) is 53.4 Å². The summed E-state index contributed by atoms with van der Waals surface area (Å²) in [6.07, 6.45) is 2.39. The standard InChI is InChI=1S/C15H13ClS/c16-13-8-5-12(6-9-13)15-10-7-11-3-1-2-4-14(11)17-15/h1-6,8-9,15H,7,10H2. The lowest BCUT2D eigenvalue weighted by Gasteiger charge is -2.24. The van der Waals surface area contributed by atoms with E-state index in [0.717, 1.165) is 5.02 Å². The summed E-state index contributed by atoms with van der Waals surface area (Å²) in [7, 11) is 0. The zero-order chi connectivity index (χ0) is 11.7. The SMILES string of the molecule is Clc1ccc(C2CCc3ccccc3S2)cc1. The first-order valence-corrected chi connectivity index (χ1v) is 7.09. The molecule has 1 aliphatic heterocycles. The molecule has 2 aromatic rings. The summed E-state index contributed by atoms with van der Waals surface area (Å²) in [5.74, 6) is 0. The number of thioether (sulfide) groups is 1. The molecule has 0 N–H and O–H groups in total. The molecular weight excluding hydrogens is 248 g/mol. The molecule has 1 aliphatic rings. The number of hydrogen-bond acceptors (Lipinski definition) is 1. The lowest BCUT2D eigenvalue weighted by Crippen LogP contribution is -2.04. The first-order chi connectivity index (χ1) is 8.33. The minimum atomic E-state index is 0.571. The molecular formula is C15H13ClS. The van der Waals surface area contributed by atoms with Gasteiger partial charge in [-0.15, -0.1) is 11.8 Å². The summed E-state index contributed by atoms with van der Waals surface area (Å²) in [5.41, 5.74) is 2.87. The Morgan fingerprint density at radius 3 is 2.59 bits per heavy atom. The molecule has 0 saturated carbocycles. The van der Waals surface area contributed by atoms with Crippen LogP contribution in [-0.4, -0.2) is 0 Å². The van der Waals surface area contributed by atoms with Crippen LogP contribution in [-0.2, 0) is 6.42 Å². The third kappa shape index (κ3) is 2.36. The maximum Gasteiger partial charge on any atom is 0.0406 e. The van der Waals surface area contributed by atoms with Gasteiger partial charge in [0.05, 0.1) is 0 Å². The smallest absolute Gasteiger partial charge is 0.0406 e. The van der Waals surface area contributed by atoms with E-state index in [4.69, 9.17) is 11.6 Å². The van der Waals surface area contributed by atoms with Gasteiger partial charge in [-0.2, -0.15) is 0 Å². The Balaban J connectivity index is 1.86. The zero-order valence-corrected chi connectivity index (χ0v) is 11.0. The highest BCUT2D eigenvalue weighted by Crippen LogP contribution is 2.44. The van der Waals surface area contributed by atoms with Crippen LogP contribution >= 0.6 is 23.4 Å². The Bertz CT molecular complexity index is 519. The molecule has 86 valence electrons. The highest BCUT2D eigenvalue weighted by molar-refractivity contribution is 7.99. The lowest BCUT2D eigenvalue weighted by atomic mass is 10.0. The van der Waals surface area contributed by atoms with Gasteiger partial charge < -0.3 is 0 Å². The fraction of sp³-hybridized carbons (Fsp3) is 0.200. The van der Waals surface area contributed by atoms with Crippen LogP contribution < -0.4 is 0 Å². The van der Waals surface area contributed by atoms with Crippen molar-refractivity contribution in [1.29, 1.82) is 0 Å². The molecule has 1 atom stereocenters. The molecule has 2 aromatic carbocycles. The molecule has 0 saturated heterocycles. The molecule has 17 heavy (non-hydrogen) atoms. The van der Waals surface area contributed by atoms with Crippen LogP contribution in [0.1, 0.15) is 22.8 Å². The van der Waals surface area contributed by atoms with Gasteiger partial charge in [-0.05, 0) is 42.2 Å². The van der Waals surface area contributed by atoms with Crippen molar-refractivity contribution in [2.75, 3.05) is 0 Å². The third-order valence-corrected chi connectivity index (χ3v) is 4.86. The first-order valence-electron chi connectivity index (χ1n) is 5.83. The Hall–Kier alpha value is -0.920. The summed E-state index contributed by atoms with van der Waals surface area (Å²) < 4.78 is 0. The summed E-state index contributed by atoms with van der Waals surface area (Å²) in [6.45, 7) is 0. The van der Waals surface area contributed by atoms with Gasteiger partial charge in [0.2, 0.25) is 0 Å². The summed E-state index contributed by atoms with van der Waals surface area (Å²) in [4.78, 5) is 1.43. The number of rotatable bonds is 1. The number of aryl methyl sites for hydroxylation is 1. The van der Waals surface area contributed by atoms with Gasteiger partial charge in [0.1, 0.15) is 0 Å². The summed E-state index contributed by atoms with van der Waals surface area (Å²) in [6, 6.07) is 17.0. The van der Waals surface area contributed by atoms with Crippen molar-refractivity contribution in [3.63, 3.8) is 0 Å². The van der Waals surface area contributed by atoms with E-state index in [1.165, 1.54) is 28.9 Å². The van der Waals surface area contributed by atoms with Crippen LogP contribution in [0.4, 0.5) is 0 Å². The van der Waals surface area contributed by atoms with E-state index in [2.05, 4.69) is 36.4 Å². The number of fused-ring (bicyclic) bond motifs is 1. The molecule has 0 nitrogen and oxygen atoms in total. The molecule has 0 bridgehead atoms. The molecule has 0 amide bonds. The Morgan fingerprint density at radius 2 is 1.76 bits per heavy atom. The average molecular weight is 261 g/mol. The summed E-state index contributed by atoms with van der Waals surface area (Å²) in [5, 5.41) is 1.39. The van der Waals surface area contributed by atoms with E-state index in [1.54, 1.807) is 0 Å². The largest absolute Gasteiger partial charge is 0.118 e. The van der Waals surface area contributed by atoms with Gasteiger partial charge in [-0.25, -0.2) is 0 Å². The minimum absolute atomic E-state index is 0.571. The van der Waals surface area contributed by atoms with E-state index >= 15 is 0 Å². The Morgan fingerprint density at radius 1 is 1.00 bits per heavy atom. The molecule has 0 fully saturated rings. The number of halogens is 1. The van der Waals surface area contributed by atoms with Crippen molar-refractivity contribution in [3.05, 3.63) is 64.7 Å².